The first-order valence-electron chi connectivity index (χ1n) is 7.81. The van der Waals surface area contributed by atoms with Gasteiger partial charge in [0.1, 0.15) is 0 Å². The van der Waals surface area contributed by atoms with Crippen LogP contribution in [0.1, 0.15) is 45.4 Å². The van der Waals surface area contributed by atoms with E-state index >= 15 is 0 Å². The van der Waals surface area contributed by atoms with Crippen LogP contribution in [0.2, 0.25) is 0 Å². The number of hydrogen-bond donors (Lipinski definition) is 1. The molecule has 20 heavy (non-hydrogen) atoms. The lowest BCUT2D eigenvalue weighted by molar-refractivity contribution is 0.603. The van der Waals surface area contributed by atoms with Gasteiger partial charge in [0.05, 0.1) is 0 Å². The first kappa shape index (κ1) is 13.4. The zero-order valence-corrected chi connectivity index (χ0v) is 12.3. The summed E-state index contributed by atoms with van der Waals surface area (Å²) < 4.78 is 0. The molecule has 1 aromatic rings. The summed E-state index contributed by atoms with van der Waals surface area (Å²) in [5, 5.41) is 0. The van der Waals surface area contributed by atoms with Crippen LogP contribution in [-0.4, -0.2) is 40.6 Å². The van der Waals surface area contributed by atoms with Crippen LogP contribution in [0.3, 0.4) is 0 Å². The van der Waals surface area contributed by atoms with Crippen LogP contribution in [-0.2, 0) is 0 Å². The average Bonchev–Trinajstić information content (AvgIpc) is 3.12. The van der Waals surface area contributed by atoms with Crippen LogP contribution < -0.4 is 15.5 Å². The molecule has 0 radical (unpaired) electrons. The maximum absolute atomic E-state index is 5.90. The van der Waals surface area contributed by atoms with Gasteiger partial charge in [-0.15, -0.1) is 0 Å². The Hall–Kier alpha value is -1.59. The molecule has 1 aliphatic carbocycles. The number of aromatic nitrogens is 3. The van der Waals surface area contributed by atoms with E-state index in [1.165, 1.54) is 38.5 Å². The third kappa shape index (κ3) is 2.64. The summed E-state index contributed by atoms with van der Waals surface area (Å²) in [6.07, 6.45) is 7.50. The minimum atomic E-state index is 0.341. The smallest absolute Gasteiger partial charge is 0.232 e. The average molecular weight is 276 g/mol. The molecule has 0 spiro atoms. The standard InChI is InChI=1S/C14H24N6/c1-2-20(11-7-3-4-8-11)14-17-12(15)16-13(18-14)19-9-5-6-10-19/h11H,2-10H2,1H3,(H2,15,16,17,18). The predicted molar refractivity (Wildman–Crippen MR) is 81.0 cm³/mol. The van der Waals surface area contributed by atoms with Crippen molar-refractivity contribution in [2.75, 3.05) is 35.2 Å². The fourth-order valence-corrected chi connectivity index (χ4v) is 3.34. The van der Waals surface area contributed by atoms with Gasteiger partial charge in [-0.25, -0.2) is 0 Å². The SMILES string of the molecule is CCN(c1nc(N)nc(N2CCCC2)n1)C1CCCC1. The summed E-state index contributed by atoms with van der Waals surface area (Å²) in [5.74, 6) is 1.85. The Morgan fingerprint density at radius 2 is 1.80 bits per heavy atom. The number of nitrogens with zero attached hydrogens (tertiary/aromatic N) is 5. The van der Waals surface area contributed by atoms with Crippen LogP contribution in [0.5, 0.6) is 0 Å². The van der Waals surface area contributed by atoms with Crippen molar-refractivity contribution in [2.24, 2.45) is 0 Å². The number of nitrogens with two attached hydrogens (primary N) is 1. The van der Waals surface area contributed by atoms with E-state index in [1.807, 2.05) is 0 Å². The molecule has 1 saturated heterocycles. The summed E-state index contributed by atoms with van der Waals surface area (Å²) in [6.45, 7) is 5.14. The van der Waals surface area contributed by atoms with Gasteiger partial charge in [0.25, 0.3) is 0 Å². The minimum absolute atomic E-state index is 0.341. The molecule has 110 valence electrons. The highest BCUT2D eigenvalue weighted by atomic mass is 15.4. The highest BCUT2D eigenvalue weighted by molar-refractivity contribution is 5.44. The topological polar surface area (TPSA) is 71.2 Å². The Kier molecular flexibility index (Phi) is 3.89. The van der Waals surface area contributed by atoms with Crippen LogP contribution in [0.25, 0.3) is 0 Å². The molecular weight excluding hydrogens is 252 g/mol. The van der Waals surface area contributed by atoms with Crippen molar-refractivity contribution >= 4 is 17.8 Å². The zero-order valence-electron chi connectivity index (χ0n) is 12.3. The molecule has 2 heterocycles. The number of nitrogen functional groups attached to an aromatic ring is 1. The number of rotatable bonds is 4. The summed E-state index contributed by atoms with van der Waals surface area (Å²) in [7, 11) is 0. The van der Waals surface area contributed by atoms with Crippen LogP contribution in [0.4, 0.5) is 17.8 Å². The summed E-state index contributed by atoms with van der Waals surface area (Å²) in [6, 6.07) is 0.563. The van der Waals surface area contributed by atoms with Crippen molar-refractivity contribution in [3.63, 3.8) is 0 Å². The largest absolute Gasteiger partial charge is 0.368 e. The molecule has 0 atom stereocenters. The Balaban J connectivity index is 1.87. The van der Waals surface area contributed by atoms with E-state index in [-0.39, 0.29) is 0 Å². The minimum Gasteiger partial charge on any atom is -0.368 e. The molecular formula is C14H24N6. The highest BCUT2D eigenvalue weighted by Crippen LogP contribution is 2.27. The van der Waals surface area contributed by atoms with E-state index in [0.29, 0.717) is 12.0 Å². The van der Waals surface area contributed by atoms with Gasteiger partial charge < -0.3 is 15.5 Å². The first-order chi connectivity index (χ1) is 9.78. The summed E-state index contributed by atoms with van der Waals surface area (Å²) in [5.41, 5.74) is 5.90. The molecule has 2 fully saturated rings. The quantitative estimate of drug-likeness (QED) is 0.904. The van der Waals surface area contributed by atoms with E-state index in [1.54, 1.807) is 0 Å². The zero-order chi connectivity index (χ0) is 13.9. The molecule has 1 aromatic heterocycles. The lowest BCUT2D eigenvalue weighted by atomic mass is 10.2. The van der Waals surface area contributed by atoms with E-state index < -0.39 is 0 Å². The molecule has 0 aromatic carbocycles. The molecule has 6 heteroatoms. The normalized spacial score (nSPS) is 19.8. The fraction of sp³-hybridized carbons (Fsp3) is 0.786. The van der Waals surface area contributed by atoms with Gasteiger partial charge in [0, 0.05) is 25.7 Å². The fourth-order valence-electron chi connectivity index (χ4n) is 3.34. The molecule has 0 unspecified atom stereocenters. The van der Waals surface area contributed by atoms with E-state index in [9.17, 15) is 0 Å². The second kappa shape index (κ2) is 5.81. The third-order valence-electron chi connectivity index (χ3n) is 4.38. The Morgan fingerprint density at radius 3 is 2.45 bits per heavy atom. The highest BCUT2D eigenvalue weighted by Gasteiger charge is 2.25. The lowest BCUT2D eigenvalue weighted by Crippen LogP contribution is -2.35. The van der Waals surface area contributed by atoms with Crippen molar-refractivity contribution < 1.29 is 0 Å². The van der Waals surface area contributed by atoms with Gasteiger partial charge in [-0.05, 0) is 32.6 Å². The maximum atomic E-state index is 5.90. The van der Waals surface area contributed by atoms with Crippen molar-refractivity contribution in [3.05, 3.63) is 0 Å². The van der Waals surface area contributed by atoms with E-state index in [4.69, 9.17) is 5.73 Å². The van der Waals surface area contributed by atoms with Gasteiger partial charge >= 0.3 is 0 Å². The molecule has 0 amide bonds. The molecule has 6 nitrogen and oxygen atoms in total. The van der Waals surface area contributed by atoms with Crippen LogP contribution in [0.15, 0.2) is 0 Å². The number of anilines is 3. The second-order valence-corrected chi connectivity index (χ2v) is 5.71. The molecule has 1 aliphatic heterocycles. The summed E-state index contributed by atoms with van der Waals surface area (Å²) >= 11 is 0. The monoisotopic (exact) mass is 276 g/mol. The van der Waals surface area contributed by atoms with E-state index in [0.717, 1.165) is 31.5 Å². The number of hydrogen-bond acceptors (Lipinski definition) is 6. The summed E-state index contributed by atoms with van der Waals surface area (Å²) in [4.78, 5) is 17.9. The molecule has 1 saturated carbocycles. The Labute approximate surface area is 120 Å². The Bertz CT molecular complexity index is 451. The van der Waals surface area contributed by atoms with Gasteiger partial charge in [0.15, 0.2) is 0 Å². The van der Waals surface area contributed by atoms with Crippen molar-refractivity contribution in [3.8, 4) is 0 Å². The first-order valence-corrected chi connectivity index (χ1v) is 7.81. The van der Waals surface area contributed by atoms with Gasteiger partial charge in [-0.3, -0.25) is 0 Å². The lowest BCUT2D eigenvalue weighted by Gasteiger charge is -2.28. The van der Waals surface area contributed by atoms with E-state index in [2.05, 4.69) is 31.7 Å². The second-order valence-electron chi connectivity index (χ2n) is 5.71. The van der Waals surface area contributed by atoms with Gasteiger partial charge in [-0.1, -0.05) is 12.8 Å². The van der Waals surface area contributed by atoms with Crippen molar-refractivity contribution in [1.29, 1.82) is 0 Å². The molecule has 0 bridgehead atoms. The van der Waals surface area contributed by atoms with Gasteiger partial charge in [-0.2, -0.15) is 15.0 Å². The molecule has 2 N–H and O–H groups in total. The van der Waals surface area contributed by atoms with Gasteiger partial charge in [0.2, 0.25) is 17.8 Å². The maximum Gasteiger partial charge on any atom is 0.232 e. The predicted octanol–water partition coefficient (Wildman–Crippen LogP) is 1.82. The Morgan fingerprint density at radius 1 is 1.10 bits per heavy atom. The molecule has 3 rings (SSSR count). The van der Waals surface area contributed by atoms with Crippen molar-refractivity contribution in [2.45, 2.75) is 51.5 Å². The molecule has 2 aliphatic rings. The van der Waals surface area contributed by atoms with Crippen molar-refractivity contribution in [1.82, 2.24) is 15.0 Å². The third-order valence-corrected chi connectivity index (χ3v) is 4.38. The van der Waals surface area contributed by atoms with Crippen LogP contribution in [0, 0.1) is 0 Å². The van der Waals surface area contributed by atoms with Crippen LogP contribution >= 0.6 is 0 Å².